The van der Waals surface area contributed by atoms with Crippen molar-refractivity contribution in [1.82, 2.24) is 10.2 Å². The summed E-state index contributed by atoms with van der Waals surface area (Å²) in [5, 5.41) is 3.71. The van der Waals surface area contributed by atoms with E-state index in [0.717, 1.165) is 44.6 Å². The third-order valence-electron chi connectivity index (χ3n) is 5.38. The molecule has 0 saturated carbocycles. The largest absolute Gasteiger partial charge is 0.451 e. The normalized spacial score (nSPS) is 21.4. The third-order valence-corrected chi connectivity index (χ3v) is 5.71. The number of nitrogens with zero attached hydrogens (tertiary/aromatic N) is 1. The Morgan fingerprint density at radius 2 is 1.96 bits per heavy atom. The number of furan rings is 1. The Balaban J connectivity index is 1.29. The molecule has 0 radical (unpaired) electrons. The van der Waals surface area contributed by atoms with E-state index in [1.54, 1.807) is 12.1 Å². The predicted octanol–water partition coefficient (Wildman–Crippen LogP) is 3.97. The van der Waals surface area contributed by atoms with Gasteiger partial charge in [-0.2, -0.15) is 0 Å². The van der Waals surface area contributed by atoms with Crippen molar-refractivity contribution in [3.63, 3.8) is 0 Å². The molecule has 0 bridgehead atoms. The lowest BCUT2D eigenvalue weighted by Gasteiger charge is -2.33. The molecule has 4 rings (SSSR count). The molecule has 2 aliphatic rings. The molecule has 27 heavy (non-hydrogen) atoms. The summed E-state index contributed by atoms with van der Waals surface area (Å²) in [7, 11) is 0. The fourth-order valence-electron chi connectivity index (χ4n) is 3.86. The number of carbonyl (C=O) groups excluding carboxylic acids is 1. The fraction of sp³-hybridized carbons (Fsp3) is 0.476. The van der Waals surface area contributed by atoms with Crippen molar-refractivity contribution in [2.75, 3.05) is 26.2 Å². The molecule has 2 aliphatic heterocycles. The van der Waals surface area contributed by atoms with E-state index in [9.17, 15) is 4.79 Å². The van der Waals surface area contributed by atoms with Crippen LogP contribution in [-0.2, 0) is 4.74 Å². The molecule has 1 amide bonds. The van der Waals surface area contributed by atoms with E-state index in [2.05, 4.69) is 10.2 Å². The second-order valence-electron chi connectivity index (χ2n) is 7.33. The molecule has 2 aromatic rings. The van der Waals surface area contributed by atoms with Crippen molar-refractivity contribution >= 4 is 17.5 Å². The van der Waals surface area contributed by atoms with Crippen molar-refractivity contribution in [3.05, 3.63) is 47.2 Å². The summed E-state index contributed by atoms with van der Waals surface area (Å²) in [4.78, 5) is 15.0. The van der Waals surface area contributed by atoms with Crippen molar-refractivity contribution < 1.29 is 13.9 Å². The van der Waals surface area contributed by atoms with E-state index < -0.39 is 0 Å². The van der Waals surface area contributed by atoms with Crippen molar-refractivity contribution in [3.8, 4) is 11.3 Å². The monoisotopic (exact) mass is 388 g/mol. The predicted molar refractivity (Wildman–Crippen MR) is 105 cm³/mol. The molecule has 5 nitrogen and oxygen atoms in total. The highest BCUT2D eigenvalue weighted by atomic mass is 35.5. The molecule has 1 atom stereocenters. The van der Waals surface area contributed by atoms with Crippen molar-refractivity contribution in [1.29, 1.82) is 0 Å². The number of hydrogen-bond acceptors (Lipinski definition) is 4. The van der Waals surface area contributed by atoms with E-state index >= 15 is 0 Å². The zero-order valence-corrected chi connectivity index (χ0v) is 16.1. The molecular weight excluding hydrogens is 364 g/mol. The molecule has 1 N–H and O–H groups in total. The molecule has 1 aromatic heterocycles. The average Bonchev–Trinajstić information content (AvgIpc) is 3.36. The quantitative estimate of drug-likeness (QED) is 0.841. The van der Waals surface area contributed by atoms with Crippen LogP contribution >= 0.6 is 11.6 Å². The number of nitrogens with one attached hydrogen (secondary N) is 1. The first kappa shape index (κ1) is 18.5. The van der Waals surface area contributed by atoms with Crippen LogP contribution in [0.15, 0.2) is 40.8 Å². The summed E-state index contributed by atoms with van der Waals surface area (Å²) in [6.45, 7) is 3.90. The lowest BCUT2D eigenvalue weighted by atomic mass is 10.0. The van der Waals surface area contributed by atoms with E-state index in [4.69, 9.17) is 20.8 Å². The van der Waals surface area contributed by atoms with E-state index in [-0.39, 0.29) is 11.9 Å². The Morgan fingerprint density at radius 3 is 2.70 bits per heavy atom. The van der Waals surface area contributed by atoms with Gasteiger partial charge in [-0.3, -0.25) is 4.79 Å². The second-order valence-corrected chi connectivity index (χ2v) is 7.73. The minimum absolute atomic E-state index is 0.161. The maximum atomic E-state index is 12.5. The van der Waals surface area contributed by atoms with Gasteiger partial charge in [-0.05, 0) is 49.9 Å². The Hall–Kier alpha value is -1.82. The first-order valence-corrected chi connectivity index (χ1v) is 10.1. The molecule has 0 spiro atoms. The van der Waals surface area contributed by atoms with Crippen molar-refractivity contribution in [2.45, 2.75) is 37.8 Å². The van der Waals surface area contributed by atoms with Gasteiger partial charge in [0.2, 0.25) is 0 Å². The first-order valence-electron chi connectivity index (χ1n) is 9.68. The Bertz CT molecular complexity index is 777. The van der Waals surface area contributed by atoms with Crippen LogP contribution in [0, 0.1) is 0 Å². The van der Waals surface area contributed by atoms with Gasteiger partial charge in [-0.15, -0.1) is 0 Å². The van der Waals surface area contributed by atoms with Gasteiger partial charge in [-0.1, -0.05) is 23.7 Å². The molecule has 2 saturated heterocycles. The molecular formula is C21H25ClN2O3. The van der Waals surface area contributed by atoms with Crippen LogP contribution in [0.2, 0.25) is 5.02 Å². The maximum Gasteiger partial charge on any atom is 0.287 e. The van der Waals surface area contributed by atoms with Crippen molar-refractivity contribution in [2.24, 2.45) is 0 Å². The summed E-state index contributed by atoms with van der Waals surface area (Å²) in [6.07, 6.45) is 4.65. The van der Waals surface area contributed by atoms with Gasteiger partial charge in [0.1, 0.15) is 5.76 Å². The average molecular weight is 389 g/mol. The van der Waals surface area contributed by atoms with Gasteiger partial charge in [0, 0.05) is 37.8 Å². The van der Waals surface area contributed by atoms with Gasteiger partial charge >= 0.3 is 0 Å². The van der Waals surface area contributed by atoms with Crippen LogP contribution in [-0.4, -0.2) is 49.2 Å². The number of amides is 1. The van der Waals surface area contributed by atoms with Gasteiger partial charge < -0.3 is 19.4 Å². The Labute approximate surface area is 164 Å². The topological polar surface area (TPSA) is 54.7 Å². The number of halogens is 1. The molecule has 6 heteroatoms. The van der Waals surface area contributed by atoms with Gasteiger partial charge in [0.05, 0.1) is 11.1 Å². The third kappa shape index (κ3) is 4.54. The number of hydrogen-bond donors (Lipinski definition) is 1. The van der Waals surface area contributed by atoms with Crippen LogP contribution in [0.25, 0.3) is 11.3 Å². The zero-order valence-electron chi connectivity index (χ0n) is 15.3. The highest BCUT2D eigenvalue weighted by molar-refractivity contribution is 6.33. The van der Waals surface area contributed by atoms with Crippen LogP contribution < -0.4 is 5.32 Å². The van der Waals surface area contributed by atoms with E-state index in [1.807, 2.05) is 24.3 Å². The molecule has 1 aromatic carbocycles. The number of carbonyl (C=O) groups is 1. The van der Waals surface area contributed by atoms with Gasteiger partial charge in [0.25, 0.3) is 5.91 Å². The number of rotatable bonds is 5. The van der Waals surface area contributed by atoms with Crippen LogP contribution in [0.1, 0.15) is 36.2 Å². The van der Waals surface area contributed by atoms with Crippen LogP contribution in [0.3, 0.4) is 0 Å². The minimum Gasteiger partial charge on any atom is -0.451 e. The van der Waals surface area contributed by atoms with Gasteiger partial charge in [0.15, 0.2) is 5.76 Å². The maximum absolute atomic E-state index is 12.5. The minimum atomic E-state index is -0.161. The van der Waals surface area contributed by atoms with E-state index in [1.165, 1.54) is 12.8 Å². The Morgan fingerprint density at radius 1 is 1.15 bits per heavy atom. The molecule has 3 heterocycles. The first-order chi connectivity index (χ1) is 13.2. The van der Waals surface area contributed by atoms with Gasteiger partial charge in [-0.25, -0.2) is 0 Å². The molecule has 144 valence electrons. The SMILES string of the molecule is O=C(NC1CCN(CC2CCCO2)CC1)c1ccc(-c2ccccc2Cl)o1. The number of ether oxygens (including phenoxy) is 1. The molecule has 2 fully saturated rings. The van der Waals surface area contributed by atoms with Crippen LogP contribution in [0.4, 0.5) is 0 Å². The second kappa shape index (κ2) is 8.46. The summed E-state index contributed by atoms with van der Waals surface area (Å²) >= 11 is 6.20. The van der Waals surface area contributed by atoms with Crippen LogP contribution in [0.5, 0.6) is 0 Å². The molecule has 0 aliphatic carbocycles. The fourth-order valence-corrected chi connectivity index (χ4v) is 4.09. The Kier molecular flexibility index (Phi) is 5.81. The lowest BCUT2D eigenvalue weighted by Crippen LogP contribution is -2.46. The molecule has 1 unspecified atom stereocenters. The number of likely N-dealkylation sites (tertiary alicyclic amines) is 1. The highest BCUT2D eigenvalue weighted by Crippen LogP contribution is 2.29. The van der Waals surface area contributed by atoms with E-state index in [0.29, 0.717) is 22.6 Å². The number of piperidine rings is 1. The highest BCUT2D eigenvalue weighted by Gasteiger charge is 2.25. The standard InChI is InChI=1S/C21H25ClN2O3/c22-18-6-2-1-5-17(18)19-7-8-20(27-19)21(25)23-15-9-11-24(12-10-15)14-16-4-3-13-26-16/h1-2,5-8,15-16H,3-4,9-14H2,(H,23,25). The zero-order chi connectivity index (χ0) is 18.6. The summed E-state index contributed by atoms with van der Waals surface area (Å²) in [6, 6.07) is 11.1. The summed E-state index contributed by atoms with van der Waals surface area (Å²) < 4.78 is 11.5. The lowest BCUT2D eigenvalue weighted by molar-refractivity contribution is 0.0610. The summed E-state index contributed by atoms with van der Waals surface area (Å²) in [5.41, 5.74) is 0.792. The smallest absolute Gasteiger partial charge is 0.287 e. The summed E-state index contributed by atoms with van der Waals surface area (Å²) in [5.74, 6) is 0.773. The number of benzene rings is 1.